The summed E-state index contributed by atoms with van der Waals surface area (Å²) >= 11 is 1.30. The number of hydrogen-bond acceptors (Lipinski definition) is 6. The van der Waals surface area contributed by atoms with Crippen molar-refractivity contribution in [2.24, 2.45) is 0 Å². The Labute approximate surface area is 79.8 Å². The van der Waals surface area contributed by atoms with Crippen molar-refractivity contribution in [2.45, 2.75) is 12.0 Å². The zero-order chi connectivity index (χ0) is 9.31. The molecule has 2 heterocycles. The lowest BCUT2D eigenvalue weighted by Crippen LogP contribution is -2.36. The van der Waals surface area contributed by atoms with E-state index in [1.54, 1.807) is 0 Å². The van der Waals surface area contributed by atoms with Crippen LogP contribution in [0.3, 0.4) is 0 Å². The van der Waals surface area contributed by atoms with Gasteiger partial charge in [0.2, 0.25) is 5.13 Å². The summed E-state index contributed by atoms with van der Waals surface area (Å²) in [6, 6.07) is 0. The lowest BCUT2D eigenvalue weighted by Gasteiger charge is -2.19. The molecular weight excluding hydrogens is 190 g/mol. The molecule has 1 fully saturated rings. The molecule has 2 N–H and O–H groups in total. The molecule has 0 spiro atoms. The number of anilines is 1. The number of nitrogens with zero attached hydrogens (tertiary/aromatic N) is 3. The van der Waals surface area contributed by atoms with E-state index < -0.39 is 5.60 Å². The normalized spacial score (nSPS) is 28.3. The molecule has 0 aromatic carbocycles. The van der Waals surface area contributed by atoms with Gasteiger partial charge < -0.3 is 15.1 Å². The second kappa shape index (κ2) is 3.21. The van der Waals surface area contributed by atoms with Crippen LogP contribution in [0.15, 0.2) is 6.33 Å². The van der Waals surface area contributed by atoms with E-state index in [1.165, 1.54) is 17.9 Å². The van der Waals surface area contributed by atoms with Crippen molar-refractivity contribution in [3.63, 3.8) is 0 Å². The van der Waals surface area contributed by atoms with Crippen LogP contribution >= 0.6 is 11.5 Å². The van der Waals surface area contributed by atoms with E-state index >= 15 is 0 Å². The van der Waals surface area contributed by atoms with E-state index in [9.17, 15) is 5.11 Å². The standard InChI is InChI=1S/C7H11N3O2S/c11-4-7(12)1-2-10(3-7)6-8-5-9-13-6/h5,11-12H,1-4H2. The Morgan fingerprint density at radius 3 is 3.08 bits per heavy atom. The molecule has 0 bridgehead atoms. The molecule has 1 unspecified atom stereocenters. The first-order valence-corrected chi connectivity index (χ1v) is 4.86. The van der Waals surface area contributed by atoms with E-state index in [0.29, 0.717) is 13.0 Å². The average Bonchev–Trinajstić information content (AvgIpc) is 2.73. The summed E-state index contributed by atoms with van der Waals surface area (Å²) in [7, 11) is 0. The van der Waals surface area contributed by atoms with Gasteiger partial charge in [-0.1, -0.05) is 0 Å². The lowest BCUT2D eigenvalue weighted by atomic mass is 10.1. The molecule has 1 aliphatic rings. The van der Waals surface area contributed by atoms with Crippen LogP contribution in [0, 0.1) is 0 Å². The number of β-amino-alcohol motifs (C(OH)–C–C–N with tert-alkyl or cyclic N) is 1. The van der Waals surface area contributed by atoms with Crippen LogP contribution in [0.5, 0.6) is 0 Å². The van der Waals surface area contributed by atoms with Crippen LogP contribution in [0.2, 0.25) is 0 Å². The van der Waals surface area contributed by atoms with Gasteiger partial charge in [-0.3, -0.25) is 0 Å². The lowest BCUT2D eigenvalue weighted by molar-refractivity contribution is 0.00476. The van der Waals surface area contributed by atoms with E-state index in [0.717, 1.165) is 11.7 Å². The van der Waals surface area contributed by atoms with Gasteiger partial charge in [-0.25, -0.2) is 4.98 Å². The van der Waals surface area contributed by atoms with Crippen LogP contribution in [0.4, 0.5) is 5.13 Å². The third-order valence-electron chi connectivity index (χ3n) is 2.25. The Kier molecular flexibility index (Phi) is 2.19. The van der Waals surface area contributed by atoms with Crippen molar-refractivity contribution in [2.75, 3.05) is 24.6 Å². The van der Waals surface area contributed by atoms with Crippen molar-refractivity contribution >= 4 is 16.7 Å². The van der Waals surface area contributed by atoms with Gasteiger partial charge in [-0.15, -0.1) is 0 Å². The molecule has 1 atom stereocenters. The maximum atomic E-state index is 9.73. The monoisotopic (exact) mass is 201 g/mol. The SMILES string of the molecule is OCC1(O)CCN(c2ncns2)C1. The fourth-order valence-corrected chi connectivity index (χ4v) is 2.01. The molecule has 6 heteroatoms. The fourth-order valence-electron chi connectivity index (χ4n) is 1.46. The molecule has 5 nitrogen and oxygen atoms in total. The minimum absolute atomic E-state index is 0.192. The maximum Gasteiger partial charge on any atom is 0.205 e. The van der Waals surface area contributed by atoms with Gasteiger partial charge in [-0.05, 0) is 6.42 Å². The van der Waals surface area contributed by atoms with E-state index in [1.807, 2.05) is 4.90 Å². The highest BCUT2D eigenvalue weighted by atomic mass is 32.1. The summed E-state index contributed by atoms with van der Waals surface area (Å²) in [5, 5.41) is 19.5. The molecular formula is C7H11N3O2S. The third kappa shape index (κ3) is 1.65. The summed E-state index contributed by atoms with van der Waals surface area (Å²) in [5.74, 6) is 0. The van der Waals surface area contributed by atoms with Gasteiger partial charge in [0.05, 0.1) is 13.2 Å². The Morgan fingerprint density at radius 1 is 1.69 bits per heavy atom. The molecule has 1 aromatic rings. The largest absolute Gasteiger partial charge is 0.393 e. The molecule has 0 saturated carbocycles. The first-order chi connectivity index (χ1) is 6.23. The Morgan fingerprint density at radius 2 is 2.54 bits per heavy atom. The molecule has 2 rings (SSSR count). The molecule has 0 amide bonds. The third-order valence-corrected chi connectivity index (χ3v) is 2.97. The van der Waals surface area contributed by atoms with Crippen molar-refractivity contribution < 1.29 is 10.2 Å². The summed E-state index contributed by atoms with van der Waals surface area (Å²) in [6.45, 7) is 0.979. The Hall–Kier alpha value is -0.720. The minimum Gasteiger partial charge on any atom is -0.393 e. The smallest absolute Gasteiger partial charge is 0.205 e. The number of hydrogen-bond donors (Lipinski definition) is 2. The van der Waals surface area contributed by atoms with E-state index in [2.05, 4.69) is 9.36 Å². The first-order valence-electron chi connectivity index (χ1n) is 4.08. The molecule has 0 aliphatic carbocycles. The zero-order valence-corrected chi connectivity index (χ0v) is 7.87. The molecule has 1 saturated heterocycles. The molecule has 1 aliphatic heterocycles. The second-order valence-electron chi connectivity index (χ2n) is 3.28. The molecule has 0 radical (unpaired) electrons. The fraction of sp³-hybridized carbons (Fsp3) is 0.714. The highest BCUT2D eigenvalue weighted by Crippen LogP contribution is 2.26. The second-order valence-corrected chi connectivity index (χ2v) is 4.04. The predicted octanol–water partition coefficient (Wildman–Crippen LogP) is -0.528. The van der Waals surface area contributed by atoms with Crippen LogP contribution in [-0.4, -0.2) is 44.9 Å². The van der Waals surface area contributed by atoms with Crippen molar-refractivity contribution in [1.82, 2.24) is 9.36 Å². The molecule has 1 aromatic heterocycles. The number of rotatable bonds is 2. The molecule has 13 heavy (non-hydrogen) atoms. The highest BCUT2D eigenvalue weighted by Gasteiger charge is 2.36. The molecule has 72 valence electrons. The predicted molar refractivity (Wildman–Crippen MR) is 48.8 cm³/mol. The quantitative estimate of drug-likeness (QED) is 0.673. The first kappa shape index (κ1) is 8.86. The van der Waals surface area contributed by atoms with Crippen LogP contribution < -0.4 is 4.90 Å². The van der Waals surface area contributed by atoms with Crippen LogP contribution in [0.25, 0.3) is 0 Å². The Balaban J connectivity index is 2.07. The van der Waals surface area contributed by atoms with Crippen LogP contribution in [-0.2, 0) is 0 Å². The summed E-state index contributed by atoms with van der Waals surface area (Å²) in [4.78, 5) is 5.98. The van der Waals surface area contributed by atoms with E-state index in [-0.39, 0.29) is 6.61 Å². The van der Waals surface area contributed by atoms with Gasteiger partial charge in [0.1, 0.15) is 11.9 Å². The Bertz CT molecular complexity index is 279. The highest BCUT2D eigenvalue weighted by molar-refractivity contribution is 7.09. The van der Waals surface area contributed by atoms with Gasteiger partial charge in [0.25, 0.3) is 0 Å². The van der Waals surface area contributed by atoms with Crippen molar-refractivity contribution in [3.8, 4) is 0 Å². The minimum atomic E-state index is -0.953. The van der Waals surface area contributed by atoms with Crippen molar-refractivity contribution in [3.05, 3.63) is 6.33 Å². The van der Waals surface area contributed by atoms with Crippen LogP contribution in [0.1, 0.15) is 6.42 Å². The number of aromatic nitrogens is 2. The summed E-state index contributed by atoms with van der Waals surface area (Å²) < 4.78 is 3.89. The van der Waals surface area contributed by atoms with Gasteiger partial charge in [-0.2, -0.15) is 4.37 Å². The van der Waals surface area contributed by atoms with Gasteiger partial charge >= 0.3 is 0 Å². The topological polar surface area (TPSA) is 69.5 Å². The number of aliphatic hydroxyl groups excluding tert-OH is 1. The van der Waals surface area contributed by atoms with Crippen molar-refractivity contribution in [1.29, 1.82) is 0 Å². The zero-order valence-electron chi connectivity index (χ0n) is 7.05. The summed E-state index contributed by atoms with van der Waals surface area (Å²) in [6.07, 6.45) is 2.08. The average molecular weight is 201 g/mol. The van der Waals surface area contributed by atoms with E-state index in [4.69, 9.17) is 5.11 Å². The summed E-state index contributed by atoms with van der Waals surface area (Å²) in [5.41, 5.74) is -0.953. The maximum absolute atomic E-state index is 9.73. The van der Waals surface area contributed by atoms with Gasteiger partial charge in [0, 0.05) is 18.1 Å². The van der Waals surface area contributed by atoms with Gasteiger partial charge in [0.15, 0.2) is 0 Å². The number of aliphatic hydroxyl groups is 2.